The lowest BCUT2D eigenvalue weighted by molar-refractivity contribution is -0.0530. The molecule has 4 nitrogen and oxygen atoms in total. The second-order valence-corrected chi connectivity index (χ2v) is 4.19. The van der Waals surface area contributed by atoms with E-state index in [4.69, 9.17) is 14.2 Å². The van der Waals surface area contributed by atoms with Crippen LogP contribution in [0.1, 0.15) is 11.5 Å². The van der Waals surface area contributed by atoms with E-state index in [0.29, 0.717) is 19.1 Å². The van der Waals surface area contributed by atoms with Crippen LogP contribution in [0.25, 0.3) is 0 Å². The number of rotatable bonds is 5. The predicted octanol–water partition coefficient (Wildman–Crippen LogP) is 1.43. The van der Waals surface area contributed by atoms with Gasteiger partial charge in [0.25, 0.3) is 0 Å². The van der Waals surface area contributed by atoms with E-state index in [9.17, 15) is 5.11 Å². The van der Waals surface area contributed by atoms with Crippen LogP contribution in [0.3, 0.4) is 0 Å². The van der Waals surface area contributed by atoms with Crippen LogP contribution in [0.5, 0.6) is 11.5 Å². The molecule has 2 rings (SSSR count). The summed E-state index contributed by atoms with van der Waals surface area (Å²) in [4.78, 5) is 0. The zero-order valence-corrected chi connectivity index (χ0v) is 10.2. The molecule has 0 bridgehead atoms. The number of aliphatic hydroxyl groups excluding tert-OH is 1. The average Bonchev–Trinajstić information content (AvgIpc) is 2.32. The van der Waals surface area contributed by atoms with Crippen LogP contribution in [-0.2, 0) is 4.74 Å². The summed E-state index contributed by atoms with van der Waals surface area (Å²) in [7, 11) is 3.27. The first kappa shape index (κ1) is 12.2. The molecule has 1 aromatic rings. The Morgan fingerprint density at radius 3 is 2.59 bits per heavy atom. The highest BCUT2D eigenvalue weighted by atomic mass is 16.5. The minimum absolute atomic E-state index is 0.0498. The molecular formula is C13H18O4. The molecule has 1 atom stereocenters. The summed E-state index contributed by atoms with van der Waals surface area (Å²) in [6.45, 7) is 1.49. The SMILES string of the molecule is COc1ccc(OC)c(C(CO)C2COC2)c1. The molecule has 1 unspecified atom stereocenters. The van der Waals surface area contributed by atoms with Gasteiger partial charge in [0.2, 0.25) is 0 Å². The lowest BCUT2D eigenvalue weighted by Gasteiger charge is -2.33. The highest BCUT2D eigenvalue weighted by Crippen LogP contribution is 2.37. The number of methoxy groups -OCH3 is 2. The zero-order valence-electron chi connectivity index (χ0n) is 10.2. The number of ether oxygens (including phenoxy) is 3. The van der Waals surface area contributed by atoms with Crippen LogP contribution in [-0.4, -0.2) is 39.1 Å². The van der Waals surface area contributed by atoms with Crippen LogP contribution in [0, 0.1) is 5.92 Å². The minimum Gasteiger partial charge on any atom is -0.497 e. The van der Waals surface area contributed by atoms with E-state index in [1.165, 1.54) is 0 Å². The number of benzene rings is 1. The second kappa shape index (κ2) is 5.38. The van der Waals surface area contributed by atoms with E-state index >= 15 is 0 Å². The van der Waals surface area contributed by atoms with Crippen LogP contribution in [0.4, 0.5) is 0 Å². The first-order valence-corrected chi connectivity index (χ1v) is 5.70. The summed E-state index contributed by atoms with van der Waals surface area (Å²) in [5.41, 5.74) is 0.989. The minimum atomic E-state index is 0.0498. The third-order valence-electron chi connectivity index (χ3n) is 3.27. The molecule has 1 aromatic carbocycles. The lowest BCUT2D eigenvalue weighted by Crippen LogP contribution is -2.34. The van der Waals surface area contributed by atoms with Gasteiger partial charge in [-0.1, -0.05) is 0 Å². The van der Waals surface area contributed by atoms with Crippen molar-refractivity contribution in [2.24, 2.45) is 5.92 Å². The van der Waals surface area contributed by atoms with Gasteiger partial charge in [0.1, 0.15) is 11.5 Å². The van der Waals surface area contributed by atoms with Crippen molar-refractivity contribution in [2.75, 3.05) is 34.0 Å². The van der Waals surface area contributed by atoms with Gasteiger partial charge in [-0.05, 0) is 18.2 Å². The monoisotopic (exact) mass is 238 g/mol. The Labute approximate surface area is 101 Å². The van der Waals surface area contributed by atoms with Gasteiger partial charge in [0.05, 0.1) is 34.0 Å². The second-order valence-electron chi connectivity index (χ2n) is 4.19. The van der Waals surface area contributed by atoms with Gasteiger partial charge in [-0.3, -0.25) is 0 Å². The van der Waals surface area contributed by atoms with Crippen molar-refractivity contribution >= 4 is 0 Å². The largest absolute Gasteiger partial charge is 0.497 e. The number of aliphatic hydroxyl groups is 1. The van der Waals surface area contributed by atoms with Crippen LogP contribution < -0.4 is 9.47 Å². The molecule has 1 fully saturated rings. The topological polar surface area (TPSA) is 47.9 Å². The third-order valence-corrected chi connectivity index (χ3v) is 3.27. The van der Waals surface area contributed by atoms with Gasteiger partial charge in [-0.25, -0.2) is 0 Å². The maximum absolute atomic E-state index is 9.55. The van der Waals surface area contributed by atoms with E-state index < -0.39 is 0 Å². The highest BCUT2D eigenvalue weighted by molar-refractivity contribution is 5.43. The molecule has 1 aliphatic rings. The van der Waals surface area contributed by atoms with E-state index in [0.717, 1.165) is 17.1 Å². The molecule has 0 radical (unpaired) electrons. The molecule has 1 N–H and O–H groups in total. The van der Waals surface area contributed by atoms with Crippen LogP contribution >= 0.6 is 0 Å². The Morgan fingerprint density at radius 2 is 2.12 bits per heavy atom. The molecule has 0 spiro atoms. The van der Waals surface area contributed by atoms with Gasteiger partial charge in [-0.2, -0.15) is 0 Å². The zero-order chi connectivity index (χ0) is 12.3. The summed E-state index contributed by atoms with van der Waals surface area (Å²) in [6.07, 6.45) is 0. The Hall–Kier alpha value is -1.26. The van der Waals surface area contributed by atoms with Crippen LogP contribution in [0.15, 0.2) is 18.2 Å². The average molecular weight is 238 g/mol. The van der Waals surface area contributed by atoms with E-state index in [2.05, 4.69) is 0 Å². The van der Waals surface area contributed by atoms with Crippen molar-refractivity contribution in [1.82, 2.24) is 0 Å². The van der Waals surface area contributed by atoms with Gasteiger partial charge in [-0.15, -0.1) is 0 Å². The molecule has 1 saturated heterocycles. The van der Waals surface area contributed by atoms with Crippen molar-refractivity contribution < 1.29 is 19.3 Å². The van der Waals surface area contributed by atoms with Gasteiger partial charge >= 0.3 is 0 Å². The van der Waals surface area contributed by atoms with Crippen molar-refractivity contribution in [2.45, 2.75) is 5.92 Å². The molecule has 0 aliphatic carbocycles. The van der Waals surface area contributed by atoms with Crippen molar-refractivity contribution in [1.29, 1.82) is 0 Å². The Morgan fingerprint density at radius 1 is 1.35 bits per heavy atom. The Bertz CT molecular complexity index is 374. The predicted molar refractivity (Wildman–Crippen MR) is 63.7 cm³/mol. The quantitative estimate of drug-likeness (QED) is 0.843. The molecule has 1 aliphatic heterocycles. The van der Waals surface area contributed by atoms with Gasteiger partial charge in [0.15, 0.2) is 0 Å². The Kier molecular flexibility index (Phi) is 3.86. The summed E-state index contributed by atoms with van der Waals surface area (Å²) >= 11 is 0. The van der Waals surface area contributed by atoms with Crippen molar-refractivity contribution in [3.8, 4) is 11.5 Å². The maximum atomic E-state index is 9.55. The molecule has 94 valence electrons. The highest BCUT2D eigenvalue weighted by Gasteiger charge is 2.31. The fraction of sp³-hybridized carbons (Fsp3) is 0.538. The third kappa shape index (κ3) is 2.37. The lowest BCUT2D eigenvalue weighted by atomic mass is 9.85. The fourth-order valence-electron chi connectivity index (χ4n) is 2.12. The normalized spacial score (nSPS) is 17.4. The molecule has 1 heterocycles. The molecular weight excluding hydrogens is 220 g/mol. The van der Waals surface area contributed by atoms with Gasteiger partial charge < -0.3 is 19.3 Å². The first-order chi connectivity index (χ1) is 8.30. The van der Waals surface area contributed by atoms with Crippen molar-refractivity contribution in [3.05, 3.63) is 23.8 Å². The summed E-state index contributed by atoms with van der Waals surface area (Å²) in [5.74, 6) is 1.98. The molecule has 17 heavy (non-hydrogen) atoms. The number of hydrogen-bond acceptors (Lipinski definition) is 4. The summed E-state index contributed by atoms with van der Waals surface area (Å²) in [5, 5.41) is 9.55. The van der Waals surface area contributed by atoms with Crippen LogP contribution in [0.2, 0.25) is 0 Å². The van der Waals surface area contributed by atoms with E-state index in [-0.39, 0.29) is 12.5 Å². The Balaban J connectivity index is 2.31. The maximum Gasteiger partial charge on any atom is 0.122 e. The summed E-state index contributed by atoms with van der Waals surface area (Å²) in [6, 6.07) is 5.66. The number of hydrogen-bond donors (Lipinski definition) is 1. The smallest absolute Gasteiger partial charge is 0.122 e. The summed E-state index contributed by atoms with van der Waals surface area (Å²) < 4.78 is 15.7. The van der Waals surface area contributed by atoms with Gasteiger partial charge in [0, 0.05) is 17.4 Å². The van der Waals surface area contributed by atoms with Crippen molar-refractivity contribution in [3.63, 3.8) is 0 Å². The molecule has 0 amide bonds. The fourth-order valence-corrected chi connectivity index (χ4v) is 2.12. The van der Waals surface area contributed by atoms with E-state index in [1.54, 1.807) is 14.2 Å². The molecule has 0 aromatic heterocycles. The van der Waals surface area contributed by atoms with E-state index in [1.807, 2.05) is 18.2 Å². The molecule has 0 saturated carbocycles. The molecule has 4 heteroatoms. The first-order valence-electron chi connectivity index (χ1n) is 5.70. The standard InChI is InChI=1S/C13H18O4/c1-15-10-3-4-13(16-2)11(5-10)12(6-14)9-7-17-8-9/h3-5,9,12,14H,6-8H2,1-2H3.